The first-order valence-corrected chi connectivity index (χ1v) is 6.61. The Labute approximate surface area is 118 Å². The van der Waals surface area contributed by atoms with E-state index in [1.165, 1.54) is 0 Å². The molecule has 0 aliphatic heterocycles. The first kappa shape index (κ1) is 14.2. The van der Waals surface area contributed by atoms with Crippen molar-refractivity contribution in [1.29, 1.82) is 0 Å². The smallest absolute Gasteiger partial charge is 0.303 e. The zero-order chi connectivity index (χ0) is 14.8. The molecule has 0 aliphatic carbocycles. The summed E-state index contributed by atoms with van der Waals surface area (Å²) in [6, 6.07) is 7.93. The molecule has 0 bridgehead atoms. The second-order valence-electron chi connectivity index (χ2n) is 5.58. The van der Waals surface area contributed by atoms with Gasteiger partial charge in [-0.3, -0.25) is 4.79 Å². The molecule has 0 saturated heterocycles. The van der Waals surface area contributed by atoms with Gasteiger partial charge < -0.3 is 10.4 Å². The molecule has 0 aliphatic rings. The molecule has 1 aromatic carbocycles. The highest BCUT2D eigenvalue weighted by atomic mass is 16.4. The lowest BCUT2D eigenvalue weighted by atomic mass is 9.98. The van der Waals surface area contributed by atoms with Gasteiger partial charge in [0, 0.05) is 22.7 Å². The molecule has 0 atom stereocenters. The van der Waals surface area contributed by atoms with Gasteiger partial charge >= 0.3 is 5.97 Å². The molecule has 2 N–H and O–H groups in total. The quantitative estimate of drug-likeness (QED) is 0.876. The number of nitrogens with one attached hydrogen (secondary N) is 1. The maximum Gasteiger partial charge on any atom is 0.303 e. The lowest BCUT2D eigenvalue weighted by Gasteiger charge is -2.26. The average molecular weight is 273 g/mol. The van der Waals surface area contributed by atoms with Crippen LogP contribution in [0.5, 0.6) is 0 Å². The number of carbonyl (C=O) groups is 1. The van der Waals surface area contributed by atoms with Crippen LogP contribution in [0.2, 0.25) is 0 Å². The Kier molecular flexibility index (Phi) is 3.88. The molecule has 2 aromatic rings. The number of fused-ring (bicyclic) bond motifs is 1. The van der Waals surface area contributed by atoms with Gasteiger partial charge in [-0.1, -0.05) is 24.3 Å². The van der Waals surface area contributed by atoms with E-state index in [1.807, 2.05) is 45.0 Å². The standard InChI is InChI=1S/C15H19N3O2/c1-10-11-6-4-5-7-12(11)14(18-17-10)16-15(2,3)9-8-13(19)20/h4-7H,8-9H2,1-3H3,(H,16,18)(H,19,20). The summed E-state index contributed by atoms with van der Waals surface area (Å²) in [7, 11) is 0. The first-order valence-electron chi connectivity index (χ1n) is 6.61. The molecular formula is C15H19N3O2. The van der Waals surface area contributed by atoms with Gasteiger partial charge in [0.1, 0.15) is 0 Å². The maximum atomic E-state index is 10.7. The van der Waals surface area contributed by atoms with Crippen molar-refractivity contribution in [2.45, 2.75) is 39.2 Å². The van der Waals surface area contributed by atoms with Crippen LogP contribution in [0.4, 0.5) is 5.82 Å². The molecule has 5 nitrogen and oxygen atoms in total. The van der Waals surface area contributed by atoms with Crippen molar-refractivity contribution < 1.29 is 9.90 Å². The third-order valence-electron chi connectivity index (χ3n) is 3.29. The Balaban J connectivity index is 2.30. The number of aromatic nitrogens is 2. The van der Waals surface area contributed by atoms with Crippen LogP contribution in [0.3, 0.4) is 0 Å². The Hall–Kier alpha value is -2.17. The van der Waals surface area contributed by atoms with E-state index in [-0.39, 0.29) is 12.0 Å². The molecule has 5 heteroatoms. The summed E-state index contributed by atoms with van der Waals surface area (Å²) in [5, 5.41) is 22.5. The monoisotopic (exact) mass is 273 g/mol. The molecular weight excluding hydrogens is 254 g/mol. The van der Waals surface area contributed by atoms with E-state index in [1.54, 1.807) is 0 Å². The largest absolute Gasteiger partial charge is 0.481 e. The van der Waals surface area contributed by atoms with Gasteiger partial charge in [-0.25, -0.2) is 0 Å². The molecule has 0 unspecified atom stereocenters. The zero-order valence-corrected chi connectivity index (χ0v) is 12.0. The van der Waals surface area contributed by atoms with Crippen LogP contribution in [0.25, 0.3) is 10.8 Å². The van der Waals surface area contributed by atoms with E-state index in [0.717, 1.165) is 16.5 Å². The summed E-state index contributed by atoms with van der Waals surface area (Å²) < 4.78 is 0. The summed E-state index contributed by atoms with van der Waals surface area (Å²) in [5.74, 6) is -0.0960. The first-order chi connectivity index (χ1) is 9.39. The Bertz CT molecular complexity index is 638. The average Bonchev–Trinajstić information content (AvgIpc) is 2.40. The van der Waals surface area contributed by atoms with Crippen molar-refractivity contribution in [2.24, 2.45) is 0 Å². The minimum absolute atomic E-state index is 0.122. The maximum absolute atomic E-state index is 10.7. The molecule has 2 rings (SSSR count). The van der Waals surface area contributed by atoms with Gasteiger partial charge in [0.05, 0.1) is 5.69 Å². The van der Waals surface area contributed by atoms with Crippen molar-refractivity contribution in [3.63, 3.8) is 0 Å². The van der Waals surface area contributed by atoms with Crippen LogP contribution >= 0.6 is 0 Å². The summed E-state index contributed by atoms with van der Waals surface area (Å²) >= 11 is 0. The number of anilines is 1. The Morgan fingerprint density at radius 2 is 1.90 bits per heavy atom. The van der Waals surface area contributed by atoms with E-state index in [2.05, 4.69) is 15.5 Å². The molecule has 106 valence electrons. The normalized spacial score (nSPS) is 11.6. The van der Waals surface area contributed by atoms with Crippen molar-refractivity contribution >= 4 is 22.6 Å². The number of aryl methyl sites for hydroxylation is 1. The topological polar surface area (TPSA) is 75.1 Å². The van der Waals surface area contributed by atoms with Gasteiger partial charge in [-0.2, -0.15) is 5.10 Å². The van der Waals surface area contributed by atoms with Gasteiger partial charge in [-0.15, -0.1) is 5.10 Å². The van der Waals surface area contributed by atoms with Gasteiger partial charge in [0.2, 0.25) is 0 Å². The highest BCUT2D eigenvalue weighted by Crippen LogP contribution is 2.26. The van der Waals surface area contributed by atoms with Crippen LogP contribution in [-0.2, 0) is 4.79 Å². The molecule has 0 saturated carbocycles. The summed E-state index contributed by atoms with van der Waals surface area (Å²) in [6.45, 7) is 5.85. The fourth-order valence-electron chi connectivity index (χ4n) is 2.13. The van der Waals surface area contributed by atoms with Crippen molar-refractivity contribution in [2.75, 3.05) is 5.32 Å². The summed E-state index contributed by atoms with van der Waals surface area (Å²) in [6.07, 6.45) is 0.642. The van der Waals surface area contributed by atoms with Gasteiger partial charge in [-0.05, 0) is 27.2 Å². The number of benzene rings is 1. The number of hydrogen-bond acceptors (Lipinski definition) is 4. The number of hydrogen-bond donors (Lipinski definition) is 2. The molecule has 1 heterocycles. The highest BCUT2D eigenvalue weighted by Gasteiger charge is 2.21. The van der Waals surface area contributed by atoms with Crippen molar-refractivity contribution in [3.8, 4) is 0 Å². The van der Waals surface area contributed by atoms with Crippen LogP contribution in [0, 0.1) is 6.92 Å². The van der Waals surface area contributed by atoms with E-state index in [9.17, 15) is 4.79 Å². The lowest BCUT2D eigenvalue weighted by Crippen LogP contribution is -2.32. The van der Waals surface area contributed by atoms with Crippen LogP contribution in [-0.4, -0.2) is 26.8 Å². The number of rotatable bonds is 5. The molecule has 0 radical (unpaired) electrons. The Morgan fingerprint density at radius 1 is 1.25 bits per heavy atom. The highest BCUT2D eigenvalue weighted by molar-refractivity contribution is 5.93. The molecule has 0 spiro atoms. The van der Waals surface area contributed by atoms with Gasteiger partial charge in [0.25, 0.3) is 0 Å². The predicted octanol–water partition coefficient (Wildman–Crippen LogP) is 2.99. The number of nitrogens with zero attached hydrogens (tertiary/aromatic N) is 2. The second kappa shape index (κ2) is 5.45. The molecule has 20 heavy (non-hydrogen) atoms. The molecule has 1 aromatic heterocycles. The third kappa shape index (κ3) is 3.23. The summed E-state index contributed by atoms with van der Waals surface area (Å²) in [5.41, 5.74) is 0.528. The number of aliphatic carboxylic acids is 1. The summed E-state index contributed by atoms with van der Waals surface area (Å²) in [4.78, 5) is 10.7. The fourth-order valence-corrected chi connectivity index (χ4v) is 2.13. The van der Waals surface area contributed by atoms with Gasteiger partial charge in [0.15, 0.2) is 5.82 Å². The molecule has 0 amide bonds. The van der Waals surface area contributed by atoms with Crippen LogP contribution in [0.1, 0.15) is 32.4 Å². The van der Waals surface area contributed by atoms with Crippen LogP contribution in [0.15, 0.2) is 24.3 Å². The van der Waals surface area contributed by atoms with E-state index < -0.39 is 5.97 Å². The zero-order valence-electron chi connectivity index (χ0n) is 12.0. The minimum atomic E-state index is -0.792. The van der Waals surface area contributed by atoms with Crippen molar-refractivity contribution in [1.82, 2.24) is 10.2 Å². The SMILES string of the molecule is Cc1nnc(NC(C)(C)CCC(=O)O)c2ccccc12. The lowest BCUT2D eigenvalue weighted by molar-refractivity contribution is -0.137. The number of carboxylic acid groups (broad SMARTS) is 1. The van der Waals surface area contributed by atoms with Crippen molar-refractivity contribution in [3.05, 3.63) is 30.0 Å². The third-order valence-corrected chi connectivity index (χ3v) is 3.29. The Morgan fingerprint density at radius 3 is 2.55 bits per heavy atom. The van der Waals surface area contributed by atoms with E-state index in [4.69, 9.17) is 5.11 Å². The number of carboxylic acids is 1. The fraction of sp³-hybridized carbons (Fsp3) is 0.400. The second-order valence-corrected chi connectivity index (χ2v) is 5.58. The van der Waals surface area contributed by atoms with Crippen LogP contribution < -0.4 is 5.32 Å². The minimum Gasteiger partial charge on any atom is -0.481 e. The van der Waals surface area contributed by atoms with E-state index >= 15 is 0 Å². The van der Waals surface area contributed by atoms with E-state index in [0.29, 0.717) is 12.2 Å². The predicted molar refractivity (Wildman–Crippen MR) is 78.8 cm³/mol. The molecule has 0 fully saturated rings.